The smallest absolute Gasteiger partial charge is 0.285 e. The van der Waals surface area contributed by atoms with Gasteiger partial charge in [-0.2, -0.15) is 0 Å². The monoisotopic (exact) mass is 230 g/mol. The Morgan fingerprint density at radius 2 is 2.00 bits per heavy atom. The molecular weight excluding hydrogens is 218 g/mol. The van der Waals surface area contributed by atoms with E-state index < -0.39 is 10.0 Å². The van der Waals surface area contributed by atoms with E-state index in [-0.39, 0.29) is 17.3 Å². The first-order valence-electron chi connectivity index (χ1n) is 4.34. The molecule has 0 aromatic heterocycles. The lowest BCUT2D eigenvalue weighted by atomic mass is 10.3. The largest absolute Gasteiger partial charge is 0.495 e. The van der Waals surface area contributed by atoms with Crippen molar-refractivity contribution in [2.24, 2.45) is 0 Å². The number of benzene rings is 1. The van der Waals surface area contributed by atoms with Crippen LogP contribution in [-0.4, -0.2) is 22.1 Å². The minimum atomic E-state index is -3.79. The van der Waals surface area contributed by atoms with Crippen LogP contribution >= 0.6 is 0 Å². The molecule has 5 nitrogen and oxygen atoms in total. The summed E-state index contributed by atoms with van der Waals surface area (Å²) in [5.41, 5.74) is 0. The van der Waals surface area contributed by atoms with E-state index in [4.69, 9.17) is 4.74 Å². The number of hydrogen-bond donors (Lipinski definition) is 0. The van der Waals surface area contributed by atoms with Gasteiger partial charge in [0.2, 0.25) is 0 Å². The summed E-state index contributed by atoms with van der Waals surface area (Å²) in [7, 11) is -2.39. The number of rotatable bonds is 5. The molecule has 0 atom stereocenters. The molecule has 0 saturated carbocycles. The molecule has 0 saturated heterocycles. The van der Waals surface area contributed by atoms with Crippen molar-refractivity contribution >= 4 is 10.0 Å². The van der Waals surface area contributed by atoms with Gasteiger partial charge in [0.1, 0.15) is 10.6 Å². The van der Waals surface area contributed by atoms with Crippen molar-refractivity contribution in [1.29, 1.82) is 0 Å². The van der Waals surface area contributed by atoms with E-state index in [1.54, 1.807) is 25.1 Å². The van der Waals surface area contributed by atoms with E-state index in [2.05, 4.69) is 9.72 Å². The molecule has 1 aromatic carbocycles. The molecule has 1 rings (SSSR count). The quantitative estimate of drug-likeness (QED) is 0.706. The van der Waals surface area contributed by atoms with Crippen LogP contribution < -0.4 is 9.62 Å². The van der Waals surface area contributed by atoms with Crippen molar-refractivity contribution < 1.29 is 18.0 Å². The summed E-state index contributed by atoms with van der Waals surface area (Å²) in [6, 6.07) is 6.24. The first kappa shape index (κ1) is 12.0. The van der Waals surface area contributed by atoms with Crippen LogP contribution in [-0.2, 0) is 14.9 Å². The van der Waals surface area contributed by atoms with Gasteiger partial charge in [0, 0.05) is 4.89 Å². The summed E-state index contributed by atoms with van der Waals surface area (Å²) in [6.07, 6.45) is 0. The molecule has 0 heterocycles. The van der Waals surface area contributed by atoms with Crippen molar-refractivity contribution in [3.8, 4) is 5.75 Å². The Kier molecular flexibility index (Phi) is 4.07. The van der Waals surface area contributed by atoms with Gasteiger partial charge in [-0.25, -0.2) is 8.42 Å². The van der Waals surface area contributed by atoms with Crippen molar-refractivity contribution in [2.45, 2.75) is 11.8 Å². The highest BCUT2D eigenvalue weighted by atomic mass is 32.2. The van der Waals surface area contributed by atoms with Crippen molar-refractivity contribution in [3.63, 3.8) is 0 Å². The summed E-state index contributed by atoms with van der Waals surface area (Å²) in [6.45, 7) is 1.86. The van der Waals surface area contributed by atoms with E-state index >= 15 is 0 Å². The van der Waals surface area contributed by atoms with Gasteiger partial charge in [0.25, 0.3) is 10.0 Å². The molecule has 0 N–H and O–H groups in total. The van der Waals surface area contributed by atoms with E-state index in [1.165, 1.54) is 13.2 Å². The number of hydrogen-bond acceptors (Lipinski definition) is 4. The van der Waals surface area contributed by atoms with E-state index in [9.17, 15) is 8.42 Å². The van der Waals surface area contributed by atoms with Crippen LogP contribution in [0.1, 0.15) is 6.92 Å². The molecule has 0 spiro atoms. The van der Waals surface area contributed by atoms with Gasteiger partial charge in [-0.05, 0) is 19.1 Å². The molecule has 83 valence electrons. The van der Waals surface area contributed by atoms with Crippen LogP contribution in [0.3, 0.4) is 0 Å². The summed E-state index contributed by atoms with van der Waals surface area (Å²) >= 11 is 0. The van der Waals surface area contributed by atoms with Gasteiger partial charge < -0.3 is 4.74 Å². The molecular formula is C9H12NO4S. The third-order valence-corrected chi connectivity index (χ3v) is 2.82. The highest BCUT2D eigenvalue weighted by molar-refractivity contribution is 7.89. The lowest BCUT2D eigenvalue weighted by Gasteiger charge is -2.07. The SMILES string of the molecule is CCO[N]S(=O)(=O)c1ccccc1OC. The van der Waals surface area contributed by atoms with Crippen molar-refractivity contribution in [1.82, 2.24) is 4.89 Å². The lowest BCUT2D eigenvalue weighted by molar-refractivity contribution is 0.0979. The summed E-state index contributed by atoms with van der Waals surface area (Å²) < 4.78 is 28.1. The maximum Gasteiger partial charge on any atom is 0.285 e. The van der Waals surface area contributed by atoms with Crippen molar-refractivity contribution in [3.05, 3.63) is 24.3 Å². The molecule has 0 aliphatic heterocycles. The second-order valence-electron chi connectivity index (χ2n) is 2.62. The van der Waals surface area contributed by atoms with E-state index in [1.807, 2.05) is 0 Å². The Hall–Kier alpha value is -1.11. The second-order valence-corrected chi connectivity index (χ2v) is 4.16. The molecule has 0 fully saturated rings. The fourth-order valence-electron chi connectivity index (χ4n) is 0.994. The van der Waals surface area contributed by atoms with Crippen LogP contribution in [0.25, 0.3) is 0 Å². The maximum absolute atomic E-state index is 11.6. The molecule has 1 aromatic rings. The molecule has 1 radical (unpaired) electrons. The molecule has 0 aliphatic rings. The topological polar surface area (TPSA) is 66.7 Å². The fraction of sp³-hybridized carbons (Fsp3) is 0.333. The van der Waals surface area contributed by atoms with Gasteiger partial charge in [0.05, 0.1) is 13.7 Å². The van der Waals surface area contributed by atoms with Crippen LogP contribution in [0.2, 0.25) is 0 Å². The van der Waals surface area contributed by atoms with Crippen LogP contribution in [0.5, 0.6) is 5.75 Å². The van der Waals surface area contributed by atoms with Crippen molar-refractivity contribution in [2.75, 3.05) is 13.7 Å². The van der Waals surface area contributed by atoms with Crippen LogP contribution in [0.4, 0.5) is 0 Å². The Morgan fingerprint density at radius 1 is 1.33 bits per heavy atom. The van der Waals surface area contributed by atoms with Gasteiger partial charge in [-0.3, -0.25) is 4.84 Å². The number of ether oxygens (including phenoxy) is 1. The minimum Gasteiger partial charge on any atom is -0.495 e. The Labute approximate surface area is 89.0 Å². The molecule has 0 unspecified atom stereocenters. The van der Waals surface area contributed by atoms with E-state index in [0.717, 1.165) is 0 Å². The predicted octanol–water partition coefficient (Wildman–Crippen LogP) is 0.940. The third kappa shape index (κ3) is 2.92. The number of methoxy groups -OCH3 is 1. The standard InChI is InChI=1S/C9H12NO4S/c1-3-14-10-15(11,12)9-7-5-4-6-8(9)13-2/h4-7H,3H2,1-2H3. The van der Waals surface area contributed by atoms with Gasteiger partial charge in [0.15, 0.2) is 0 Å². The molecule has 0 amide bonds. The van der Waals surface area contributed by atoms with Crippen LogP contribution in [0, 0.1) is 0 Å². The number of nitrogens with zero attached hydrogens (tertiary/aromatic N) is 1. The summed E-state index contributed by atoms with van der Waals surface area (Å²) in [5.74, 6) is 0.251. The van der Waals surface area contributed by atoms with Gasteiger partial charge >= 0.3 is 0 Å². The molecule has 15 heavy (non-hydrogen) atoms. The second kappa shape index (κ2) is 5.11. The maximum atomic E-state index is 11.6. The average molecular weight is 230 g/mol. The lowest BCUT2D eigenvalue weighted by Crippen LogP contribution is -2.17. The van der Waals surface area contributed by atoms with Crippen LogP contribution in [0.15, 0.2) is 29.2 Å². The van der Waals surface area contributed by atoms with Gasteiger partial charge in [-0.1, -0.05) is 12.1 Å². The predicted molar refractivity (Wildman–Crippen MR) is 53.9 cm³/mol. The summed E-state index contributed by atoms with van der Waals surface area (Å²) in [5, 5.41) is 0. The zero-order chi connectivity index (χ0) is 11.3. The first-order chi connectivity index (χ1) is 7.11. The average Bonchev–Trinajstić information content (AvgIpc) is 2.26. The normalized spacial score (nSPS) is 11.3. The Bertz CT molecular complexity index is 416. The first-order valence-corrected chi connectivity index (χ1v) is 5.78. The zero-order valence-corrected chi connectivity index (χ0v) is 9.32. The zero-order valence-electron chi connectivity index (χ0n) is 8.50. The number of sulfonamides is 1. The Balaban J connectivity index is 3.04. The summed E-state index contributed by atoms with van der Waals surface area (Å²) in [4.78, 5) is 7.68. The molecule has 0 bridgehead atoms. The third-order valence-electron chi connectivity index (χ3n) is 1.63. The molecule has 6 heteroatoms. The fourth-order valence-corrected chi connectivity index (χ4v) is 1.97. The number of para-hydroxylation sites is 1. The Morgan fingerprint density at radius 3 is 2.60 bits per heavy atom. The highest BCUT2D eigenvalue weighted by Crippen LogP contribution is 2.22. The highest BCUT2D eigenvalue weighted by Gasteiger charge is 2.20. The molecule has 0 aliphatic carbocycles. The minimum absolute atomic E-state index is 0.000880. The van der Waals surface area contributed by atoms with E-state index in [0.29, 0.717) is 0 Å². The van der Waals surface area contributed by atoms with Gasteiger partial charge in [-0.15, -0.1) is 0 Å².